The zero-order valence-corrected chi connectivity index (χ0v) is 19.4. The highest BCUT2D eigenvalue weighted by Gasteiger charge is 2.88. The lowest BCUT2D eigenvalue weighted by atomic mass is 9.35. The molecule has 0 radical (unpaired) electrons. The van der Waals surface area contributed by atoms with Crippen molar-refractivity contribution in [3.8, 4) is 0 Å². The first-order valence-electron chi connectivity index (χ1n) is 11.1. The number of amides is 1. The lowest BCUT2D eigenvalue weighted by molar-refractivity contribution is -0.213. The number of carbonyl (C=O) groups excluding carboxylic acids is 1. The van der Waals surface area contributed by atoms with Crippen LogP contribution in [0, 0.1) is 46.0 Å². The van der Waals surface area contributed by atoms with Crippen LogP contribution < -0.4 is 5.32 Å². The van der Waals surface area contributed by atoms with Crippen LogP contribution in [0.3, 0.4) is 0 Å². The van der Waals surface area contributed by atoms with Crippen molar-refractivity contribution in [2.24, 2.45) is 28.6 Å². The summed E-state index contributed by atoms with van der Waals surface area (Å²) >= 11 is 6.21. The molecule has 6 aliphatic rings. The van der Waals surface area contributed by atoms with Crippen LogP contribution in [-0.2, 0) is 9.84 Å². The fourth-order valence-corrected chi connectivity index (χ4v) is 10.4. The summed E-state index contributed by atoms with van der Waals surface area (Å²) in [6.45, 7) is 0. The molecule has 0 aliphatic heterocycles. The van der Waals surface area contributed by atoms with E-state index in [9.17, 15) is 31.5 Å². The molecule has 8 rings (SSSR count). The molecule has 180 valence electrons. The smallest absolute Gasteiger partial charge is 0.255 e. The van der Waals surface area contributed by atoms with E-state index in [2.05, 4.69) is 5.32 Å². The van der Waals surface area contributed by atoms with E-state index >= 15 is 0 Å². The van der Waals surface area contributed by atoms with E-state index in [0.717, 1.165) is 25.3 Å². The van der Waals surface area contributed by atoms with Crippen molar-refractivity contribution in [2.45, 2.75) is 36.7 Å². The molecular formula is C24H21ClF3NO4S. The quantitative estimate of drug-likeness (QED) is 0.576. The predicted octanol–water partition coefficient (Wildman–Crippen LogP) is 4.58. The maximum absolute atomic E-state index is 13.5. The highest BCUT2D eigenvalue weighted by molar-refractivity contribution is 7.91. The Bertz CT molecular complexity index is 1340. The highest BCUT2D eigenvalue weighted by Crippen LogP contribution is 2.92. The van der Waals surface area contributed by atoms with Crippen molar-refractivity contribution < 1.29 is 31.5 Å². The Hall–Kier alpha value is -2.10. The monoisotopic (exact) mass is 511 g/mol. The van der Waals surface area contributed by atoms with Gasteiger partial charge < -0.3 is 10.4 Å². The Balaban J connectivity index is 1.25. The molecule has 2 aromatic rings. The first-order valence-corrected chi connectivity index (χ1v) is 13.2. The lowest BCUT2D eigenvalue weighted by Crippen LogP contribution is -2.66. The number of nitrogens with one attached hydrogen (secondary N) is 1. The average molecular weight is 512 g/mol. The third-order valence-electron chi connectivity index (χ3n) is 9.00. The van der Waals surface area contributed by atoms with Crippen LogP contribution in [0.5, 0.6) is 0 Å². The van der Waals surface area contributed by atoms with Gasteiger partial charge in [-0.15, -0.1) is 0 Å². The first-order chi connectivity index (χ1) is 16.0. The van der Waals surface area contributed by atoms with Gasteiger partial charge in [0.25, 0.3) is 5.91 Å². The standard InChI is InChI=1S/C24H21ClF3NO4S/c25-17-2-1-11(22(31)29-13-5-18(26)21(28)19(27)6-13)3-20(17)34(32,33)10-16-15-4-12-7-23(15)8-14(30)9-24(12,16)23/h1-3,5-6,12,14-16,30H,4,7-10H2,(H,29,31)/t12-,14+,15?,16?,23?,24?/m0/s1. The molecule has 6 fully saturated rings. The molecule has 6 atom stereocenters. The summed E-state index contributed by atoms with van der Waals surface area (Å²) in [7, 11) is -3.86. The number of aliphatic hydroxyl groups is 1. The third-order valence-corrected chi connectivity index (χ3v) is 11.3. The van der Waals surface area contributed by atoms with Gasteiger partial charge in [0.05, 0.1) is 21.8 Å². The molecule has 2 aromatic carbocycles. The SMILES string of the molecule is O=C(Nc1cc(F)c(F)c(F)c1)c1ccc(Cl)c(S(=O)(=O)CC2C3C[C@H]4CC35C[C@@H](O)CC245)c1. The number of halogens is 4. The second-order valence-corrected chi connectivity index (χ2v) is 12.7. The summed E-state index contributed by atoms with van der Waals surface area (Å²) in [4.78, 5) is 12.5. The van der Waals surface area contributed by atoms with E-state index in [-0.39, 0.29) is 55.7 Å². The second kappa shape index (κ2) is 6.98. The number of carbonyl (C=O) groups is 1. The topological polar surface area (TPSA) is 83.5 Å². The van der Waals surface area contributed by atoms with Gasteiger partial charge in [-0.1, -0.05) is 11.6 Å². The van der Waals surface area contributed by atoms with Crippen molar-refractivity contribution in [2.75, 3.05) is 11.1 Å². The largest absolute Gasteiger partial charge is 0.393 e. The van der Waals surface area contributed by atoms with Gasteiger partial charge in [-0.3, -0.25) is 4.79 Å². The minimum atomic E-state index is -3.86. The zero-order chi connectivity index (χ0) is 24.2. The number of anilines is 1. The van der Waals surface area contributed by atoms with Crippen LogP contribution in [0.2, 0.25) is 5.02 Å². The van der Waals surface area contributed by atoms with Crippen LogP contribution in [-0.4, -0.2) is 31.3 Å². The van der Waals surface area contributed by atoms with E-state index in [1.807, 2.05) is 0 Å². The Morgan fingerprint density at radius 1 is 1.12 bits per heavy atom. The fourth-order valence-electron chi connectivity index (χ4n) is 8.03. The van der Waals surface area contributed by atoms with Gasteiger partial charge in [-0.25, -0.2) is 21.6 Å². The number of rotatable bonds is 5. The van der Waals surface area contributed by atoms with Gasteiger partial charge in [0.15, 0.2) is 27.3 Å². The molecule has 34 heavy (non-hydrogen) atoms. The van der Waals surface area contributed by atoms with Gasteiger partial charge in [-0.2, -0.15) is 0 Å². The van der Waals surface area contributed by atoms with Gasteiger partial charge in [-0.05, 0) is 72.5 Å². The summed E-state index contributed by atoms with van der Waals surface area (Å²) in [5, 5.41) is 12.5. The molecule has 0 saturated heterocycles. The second-order valence-electron chi connectivity index (χ2n) is 10.2. The Kier molecular flexibility index (Phi) is 4.59. The molecule has 0 heterocycles. The van der Waals surface area contributed by atoms with Crippen LogP contribution in [0.25, 0.3) is 0 Å². The molecule has 6 aliphatic carbocycles. The number of aliphatic hydroxyl groups excluding tert-OH is 1. The molecule has 5 nitrogen and oxygen atoms in total. The van der Waals surface area contributed by atoms with E-state index in [0.29, 0.717) is 24.5 Å². The van der Waals surface area contributed by atoms with Crippen LogP contribution in [0.4, 0.5) is 18.9 Å². The zero-order valence-electron chi connectivity index (χ0n) is 17.8. The normalized spacial score (nSPS) is 34.9. The molecule has 10 heteroatoms. The Morgan fingerprint density at radius 3 is 2.53 bits per heavy atom. The number of sulfone groups is 1. The van der Waals surface area contributed by atoms with Crippen molar-refractivity contribution in [3.05, 3.63) is 58.4 Å². The maximum Gasteiger partial charge on any atom is 0.255 e. The number of benzene rings is 2. The summed E-state index contributed by atoms with van der Waals surface area (Å²) in [5.41, 5.74) is -0.376. The summed E-state index contributed by atoms with van der Waals surface area (Å²) in [6.07, 6.45) is 3.11. The fraction of sp³-hybridized carbons (Fsp3) is 0.458. The van der Waals surface area contributed by atoms with Gasteiger partial charge in [0, 0.05) is 23.4 Å². The Labute approximate surface area is 199 Å². The molecule has 1 amide bonds. The molecule has 0 aromatic heterocycles. The molecule has 4 bridgehead atoms. The first kappa shape index (κ1) is 22.4. The van der Waals surface area contributed by atoms with Crippen LogP contribution >= 0.6 is 11.6 Å². The van der Waals surface area contributed by atoms with Crippen molar-refractivity contribution in [1.82, 2.24) is 0 Å². The maximum atomic E-state index is 13.5. The van der Waals surface area contributed by atoms with Gasteiger partial charge >= 0.3 is 0 Å². The van der Waals surface area contributed by atoms with Gasteiger partial charge in [0.2, 0.25) is 0 Å². The van der Waals surface area contributed by atoms with Crippen molar-refractivity contribution >= 4 is 33.0 Å². The van der Waals surface area contributed by atoms with Crippen LogP contribution in [0.15, 0.2) is 35.2 Å². The average Bonchev–Trinajstić information content (AvgIpc) is 3.39. The molecule has 4 unspecified atom stereocenters. The highest BCUT2D eigenvalue weighted by atomic mass is 35.5. The van der Waals surface area contributed by atoms with Crippen molar-refractivity contribution in [3.63, 3.8) is 0 Å². The number of hydrogen-bond acceptors (Lipinski definition) is 4. The molecular weight excluding hydrogens is 491 g/mol. The van der Waals surface area contributed by atoms with E-state index in [1.165, 1.54) is 12.1 Å². The molecule has 2 spiro atoms. The Morgan fingerprint density at radius 2 is 1.82 bits per heavy atom. The van der Waals surface area contributed by atoms with E-state index < -0.39 is 33.2 Å². The third kappa shape index (κ3) is 2.72. The molecule has 2 N–H and O–H groups in total. The summed E-state index contributed by atoms with van der Waals surface area (Å²) in [6, 6.07) is 5.01. The van der Waals surface area contributed by atoms with E-state index in [1.54, 1.807) is 0 Å². The van der Waals surface area contributed by atoms with Gasteiger partial charge in [0.1, 0.15) is 0 Å². The summed E-state index contributed by atoms with van der Waals surface area (Å²) < 4.78 is 66.9. The van der Waals surface area contributed by atoms with E-state index in [4.69, 9.17) is 11.6 Å². The van der Waals surface area contributed by atoms with Crippen LogP contribution in [0.1, 0.15) is 36.0 Å². The van der Waals surface area contributed by atoms with Crippen molar-refractivity contribution in [1.29, 1.82) is 0 Å². The lowest BCUT2D eigenvalue weighted by Gasteiger charge is -2.69. The minimum Gasteiger partial charge on any atom is -0.393 e. The number of hydrogen-bond donors (Lipinski definition) is 2. The molecule has 6 saturated carbocycles. The predicted molar refractivity (Wildman–Crippen MR) is 118 cm³/mol. The minimum absolute atomic E-state index is 0.0223. The summed E-state index contributed by atoms with van der Waals surface area (Å²) in [5.74, 6) is -4.77.